The summed E-state index contributed by atoms with van der Waals surface area (Å²) in [4.78, 5) is 0. The summed E-state index contributed by atoms with van der Waals surface area (Å²) in [5.74, 6) is 1.26. The van der Waals surface area contributed by atoms with Gasteiger partial charge in [-0.05, 0) is 26.0 Å². The van der Waals surface area contributed by atoms with E-state index in [-0.39, 0.29) is 17.7 Å². The lowest BCUT2D eigenvalue weighted by Crippen LogP contribution is -2.06. The fourth-order valence-electron chi connectivity index (χ4n) is 1.53. The minimum Gasteiger partial charge on any atom is -0.507 e. The SMILES string of the molecule is CC(C)Oc1cccc(O)c1-c1cc(N)no1. The molecule has 17 heavy (non-hydrogen) atoms. The van der Waals surface area contributed by atoms with Crippen molar-refractivity contribution < 1.29 is 14.4 Å². The maximum Gasteiger partial charge on any atom is 0.176 e. The molecule has 0 saturated heterocycles. The first-order valence-corrected chi connectivity index (χ1v) is 5.29. The van der Waals surface area contributed by atoms with Crippen LogP contribution >= 0.6 is 0 Å². The van der Waals surface area contributed by atoms with Gasteiger partial charge in [0.1, 0.15) is 17.1 Å². The van der Waals surface area contributed by atoms with Crippen molar-refractivity contribution in [1.82, 2.24) is 5.16 Å². The molecule has 5 heteroatoms. The normalized spacial score (nSPS) is 10.8. The zero-order valence-corrected chi connectivity index (χ0v) is 9.68. The van der Waals surface area contributed by atoms with Gasteiger partial charge in [0.2, 0.25) is 0 Å². The molecule has 3 N–H and O–H groups in total. The monoisotopic (exact) mass is 234 g/mol. The molecule has 0 aliphatic rings. The molecule has 90 valence electrons. The van der Waals surface area contributed by atoms with Crippen LogP contribution in [0.5, 0.6) is 11.5 Å². The minimum absolute atomic E-state index is 0.00387. The maximum absolute atomic E-state index is 9.86. The van der Waals surface area contributed by atoms with Gasteiger partial charge in [0, 0.05) is 6.07 Å². The summed E-state index contributed by atoms with van der Waals surface area (Å²) in [5.41, 5.74) is 5.95. The van der Waals surface area contributed by atoms with Gasteiger partial charge in [-0.3, -0.25) is 0 Å². The zero-order chi connectivity index (χ0) is 12.4. The number of hydrogen-bond donors (Lipinski definition) is 2. The fraction of sp³-hybridized carbons (Fsp3) is 0.250. The Hall–Kier alpha value is -2.17. The van der Waals surface area contributed by atoms with E-state index in [0.29, 0.717) is 17.1 Å². The standard InChI is InChI=1S/C12H14N2O3/c1-7(2)16-9-5-3-4-8(15)12(9)10-6-11(13)14-17-10/h3-7,15H,1-2H3,(H2,13,14). The summed E-state index contributed by atoms with van der Waals surface area (Å²) in [6, 6.07) is 6.56. The third kappa shape index (κ3) is 2.33. The molecule has 0 radical (unpaired) electrons. The lowest BCUT2D eigenvalue weighted by molar-refractivity contribution is 0.242. The smallest absolute Gasteiger partial charge is 0.176 e. The number of aromatic nitrogens is 1. The predicted molar refractivity (Wildman–Crippen MR) is 63.8 cm³/mol. The molecule has 1 heterocycles. The van der Waals surface area contributed by atoms with E-state index in [1.54, 1.807) is 24.3 Å². The van der Waals surface area contributed by atoms with Crippen molar-refractivity contribution in [2.45, 2.75) is 20.0 Å². The van der Waals surface area contributed by atoms with Crippen LogP contribution in [0.1, 0.15) is 13.8 Å². The van der Waals surface area contributed by atoms with Crippen molar-refractivity contribution in [3.8, 4) is 22.8 Å². The Morgan fingerprint density at radius 3 is 2.76 bits per heavy atom. The average Bonchev–Trinajstić information content (AvgIpc) is 2.64. The van der Waals surface area contributed by atoms with Crippen molar-refractivity contribution >= 4 is 5.82 Å². The predicted octanol–water partition coefficient (Wildman–Crippen LogP) is 2.42. The Kier molecular flexibility index (Phi) is 2.91. The molecule has 0 bridgehead atoms. The summed E-state index contributed by atoms with van der Waals surface area (Å²) in [6.07, 6.45) is -0.00387. The van der Waals surface area contributed by atoms with Gasteiger partial charge in [0.05, 0.1) is 6.10 Å². The summed E-state index contributed by atoms with van der Waals surface area (Å²) in [7, 11) is 0. The van der Waals surface area contributed by atoms with E-state index in [1.165, 1.54) is 0 Å². The first kappa shape index (κ1) is 11.3. The number of nitrogens with two attached hydrogens (primary N) is 1. The van der Waals surface area contributed by atoms with Crippen molar-refractivity contribution in [1.29, 1.82) is 0 Å². The summed E-state index contributed by atoms with van der Waals surface area (Å²) in [6.45, 7) is 3.81. The van der Waals surface area contributed by atoms with Gasteiger partial charge < -0.3 is 20.1 Å². The largest absolute Gasteiger partial charge is 0.507 e. The van der Waals surface area contributed by atoms with Crippen LogP contribution in [0.15, 0.2) is 28.8 Å². The zero-order valence-electron chi connectivity index (χ0n) is 9.68. The van der Waals surface area contributed by atoms with Crippen LogP contribution in [-0.2, 0) is 0 Å². The van der Waals surface area contributed by atoms with Gasteiger partial charge in [-0.1, -0.05) is 11.2 Å². The van der Waals surface area contributed by atoms with Crippen molar-refractivity contribution in [2.75, 3.05) is 5.73 Å². The highest BCUT2D eigenvalue weighted by Crippen LogP contribution is 2.38. The molecular formula is C12H14N2O3. The van der Waals surface area contributed by atoms with Crippen LogP contribution in [0.4, 0.5) is 5.82 Å². The lowest BCUT2D eigenvalue weighted by atomic mass is 10.1. The molecule has 0 amide bonds. The Bertz CT molecular complexity index is 520. The van der Waals surface area contributed by atoms with E-state index in [9.17, 15) is 5.11 Å². The van der Waals surface area contributed by atoms with Crippen molar-refractivity contribution in [3.63, 3.8) is 0 Å². The molecular weight excluding hydrogens is 220 g/mol. The number of hydrogen-bond acceptors (Lipinski definition) is 5. The van der Waals surface area contributed by atoms with Crippen LogP contribution in [0.25, 0.3) is 11.3 Å². The van der Waals surface area contributed by atoms with Gasteiger partial charge in [0.25, 0.3) is 0 Å². The molecule has 5 nitrogen and oxygen atoms in total. The number of phenols is 1. The molecule has 2 aromatic rings. The van der Waals surface area contributed by atoms with E-state index in [1.807, 2.05) is 13.8 Å². The van der Waals surface area contributed by atoms with E-state index < -0.39 is 0 Å². The Morgan fingerprint density at radius 2 is 2.18 bits per heavy atom. The number of nitrogens with zero attached hydrogens (tertiary/aromatic N) is 1. The molecule has 2 rings (SSSR count). The third-order valence-corrected chi connectivity index (χ3v) is 2.14. The van der Waals surface area contributed by atoms with Crippen LogP contribution in [0.3, 0.4) is 0 Å². The molecule has 1 aromatic heterocycles. The lowest BCUT2D eigenvalue weighted by Gasteiger charge is -2.13. The van der Waals surface area contributed by atoms with E-state index in [0.717, 1.165) is 0 Å². The van der Waals surface area contributed by atoms with Gasteiger partial charge in [0.15, 0.2) is 11.6 Å². The Morgan fingerprint density at radius 1 is 1.41 bits per heavy atom. The van der Waals surface area contributed by atoms with Crippen molar-refractivity contribution in [3.05, 3.63) is 24.3 Å². The van der Waals surface area contributed by atoms with Crippen LogP contribution in [0.2, 0.25) is 0 Å². The summed E-state index contributed by atoms with van der Waals surface area (Å²) >= 11 is 0. The van der Waals surface area contributed by atoms with Gasteiger partial charge in [-0.15, -0.1) is 0 Å². The fourth-order valence-corrected chi connectivity index (χ4v) is 1.53. The third-order valence-electron chi connectivity index (χ3n) is 2.14. The number of phenolic OH excluding ortho intramolecular Hbond substituents is 1. The molecule has 0 aliphatic carbocycles. The molecule has 0 unspecified atom stereocenters. The first-order valence-electron chi connectivity index (χ1n) is 5.29. The number of anilines is 1. The molecule has 0 spiro atoms. The van der Waals surface area contributed by atoms with Crippen LogP contribution in [0, 0.1) is 0 Å². The number of ether oxygens (including phenoxy) is 1. The summed E-state index contributed by atoms with van der Waals surface area (Å²) < 4.78 is 10.6. The number of aromatic hydroxyl groups is 1. The number of benzene rings is 1. The second-order valence-electron chi connectivity index (χ2n) is 3.93. The Balaban J connectivity index is 2.50. The molecule has 1 aromatic carbocycles. The highest BCUT2D eigenvalue weighted by Gasteiger charge is 2.16. The highest BCUT2D eigenvalue weighted by molar-refractivity contribution is 5.73. The van der Waals surface area contributed by atoms with E-state index in [4.69, 9.17) is 15.0 Å². The van der Waals surface area contributed by atoms with Crippen LogP contribution in [-0.4, -0.2) is 16.4 Å². The van der Waals surface area contributed by atoms with E-state index in [2.05, 4.69) is 5.16 Å². The molecule has 0 fully saturated rings. The highest BCUT2D eigenvalue weighted by atomic mass is 16.5. The van der Waals surface area contributed by atoms with Crippen molar-refractivity contribution in [2.24, 2.45) is 0 Å². The van der Waals surface area contributed by atoms with Gasteiger partial charge >= 0.3 is 0 Å². The maximum atomic E-state index is 9.86. The molecule has 0 atom stereocenters. The second kappa shape index (κ2) is 4.37. The summed E-state index contributed by atoms with van der Waals surface area (Å²) in [5, 5.41) is 13.4. The average molecular weight is 234 g/mol. The van der Waals surface area contributed by atoms with Gasteiger partial charge in [-0.25, -0.2) is 0 Å². The van der Waals surface area contributed by atoms with Crippen LogP contribution < -0.4 is 10.5 Å². The quantitative estimate of drug-likeness (QED) is 0.852. The van der Waals surface area contributed by atoms with Gasteiger partial charge in [-0.2, -0.15) is 0 Å². The Labute approximate surface area is 98.8 Å². The number of nitrogen functional groups attached to an aromatic ring is 1. The number of rotatable bonds is 3. The molecule has 0 aliphatic heterocycles. The topological polar surface area (TPSA) is 81.5 Å². The first-order chi connectivity index (χ1) is 8.08. The molecule has 0 saturated carbocycles. The second-order valence-corrected chi connectivity index (χ2v) is 3.93. The minimum atomic E-state index is -0.00387. The van der Waals surface area contributed by atoms with E-state index >= 15 is 0 Å².